The fraction of sp³-hybridized carbons (Fsp3) is 0.286. The molecule has 10 heteroatoms. The maximum atomic E-state index is 12.9. The SMILES string of the molecule is C[C@H](NC(=O)c1ccc(C(=O)N2CCS[C@H]2CN)c(Br)c1)c1nc2ccc(Cl)cc2[nH]1. The molecule has 1 fully saturated rings. The molecule has 2 heterocycles. The smallest absolute Gasteiger partial charge is 0.255 e. The van der Waals surface area contributed by atoms with Crippen molar-refractivity contribution >= 4 is 62.1 Å². The standard InChI is InChI=1S/C21H21BrClN5O2S/c1-11(19-26-16-5-3-13(23)9-17(16)27-19)25-20(29)12-2-4-14(15(22)8-12)21(30)28-6-7-31-18(28)10-24/h2-5,8-9,11,18H,6-7,10,24H2,1H3,(H,25,29)(H,26,27)/t11-,18-/m0/s1. The van der Waals surface area contributed by atoms with Crippen molar-refractivity contribution in [2.75, 3.05) is 18.8 Å². The molecule has 7 nitrogen and oxygen atoms in total. The average molecular weight is 523 g/mol. The van der Waals surface area contributed by atoms with E-state index >= 15 is 0 Å². The maximum absolute atomic E-state index is 12.9. The van der Waals surface area contributed by atoms with Crippen molar-refractivity contribution in [1.82, 2.24) is 20.2 Å². The predicted octanol–water partition coefficient (Wildman–Crippen LogP) is 3.94. The van der Waals surface area contributed by atoms with Gasteiger partial charge in [-0.2, -0.15) is 0 Å². The molecule has 0 spiro atoms. The number of nitrogens with two attached hydrogens (primary N) is 1. The maximum Gasteiger partial charge on any atom is 0.255 e. The van der Waals surface area contributed by atoms with Crippen molar-refractivity contribution in [3.8, 4) is 0 Å². The number of aromatic amines is 1. The van der Waals surface area contributed by atoms with Crippen LogP contribution in [0.5, 0.6) is 0 Å². The van der Waals surface area contributed by atoms with Crippen molar-refractivity contribution in [2.24, 2.45) is 5.73 Å². The lowest BCUT2D eigenvalue weighted by Crippen LogP contribution is -2.39. The normalized spacial score (nSPS) is 17.2. The molecule has 4 N–H and O–H groups in total. The minimum absolute atomic E-state index is 0.0121. The van der Waals surface area contributed by atoms with Crippen LogP contribution in [0.15, 0.2) is 40.9 Å². The van der Waals surface area contributed by atoms with Gasteiger partial charge in [0.1, 0.15) is 5.82 Å². The van der Waals surface area contributed by atoms with E-state index in [1.54, 1.807) is 47.0 Å². The summed E-state index contributed by atoms with van der Waals surface area (Å²) in [6.45, 7) is 2.93. The van der Waals surface area contributed by atoms with Crippen molar-refractivity contribution < 1.29 is 9.59 Å². The summed E-state index contributed by atoms with van der Waals surface area (Å²) in [5.41, 5.74) is 8.32. The van der Waals surface area contributed by atoms with Gasteiger partial charge in [0.15, 0.2) is 0 Å². The van der Waals surface area contributed by atoms with Gasteiger partial charge in [-0.25, -0.2) is 4.98 Å². The number of nitrogens with zero attached hydrogens (tertiary/aromatic N) is 2. The van der Waals surface area contributed by atoms with E-state index in [1.807, 2.05) is 13.0 Å². The topological polar surface area (TPSA) is 104 Å². The third-order valence-electron chi connectivity index (χ3n) is 5.13. The zero-order chi connectivity index (χ0) is 22.1. The third kappa shape index (κ3) is 4.59. The Labute approximate surface area is 197 Å². The Morgan fingerprint density at radius 3 is 2.94 bits per heavy atom. The van der Waals surface area contributed by atoms with Crippen LogP contribution in [0.4, 0.5) is 0 Å². The highest BCUT2D eigenvalue weighted by Gasteiger charge is 2.30. The number of aromatic nitrogens is 2. The molecule has 1 saturated heterocycles. The summed E-state index contributed by atoms with van der Waals surface area (Å²) in [6, 6.07) is 10.0. The van der Waals surface area contributed by atoms with Gasteiger partial charge in [0, 0.05) is 33.9 Å². The lowest BCUT2D eigenvalue weighted by molar-refractivity contribution is 0.0762. The van der Waals surface area contributed by atoms with Crippen LogP contribution in [0, 0.1) is 0 Å². The molecule has 0 bridgehead atoms. The van der Waals surface area contributed by atoms with Crippen LogP contribution in [0.1, 0.15) is 39.5 Å². The van der Waals surface area contributed by atoms with Crippen LogP contribution >= 0.6 is 39.3 Å². The highest BCUT2D eigenvalue weighted by atomic mass is 79.9. The van der Waals surface area contributed by atoms with Gasteiger partial charge in [0.05, 0.1) is 28.0 Å². The van der Waals surface area contributed by atoms with Crippen molar-refractivity contribution in [3.05, 3.63) is 62.8 Å². The number of halogens is 2. The van der Waals surface area contributed by atoms with Crippen molar-refractivity contribution in [3.63, 3.8) is 0 Å². The van der Waals surface area contributed by atoms with Crippen LogP contribution < -0.4 is 11.1 Å². The number of hydrogen-bond acceptors (Lipinski definition) is 5. The molecule has 2 atom stereocenters. The van der Waals surface area contributed by atoms with Crippen molar-refractivity contribution in [2.45, 2.75) is 18.3 Å². The molecule has 0 unspecified atom stereocenters. The summed E-state index contributed by atoms with van der Waals surface area (Å²) in [4.78, 5) is 35.2. The monoisotopic (exact) mass is 521 g/mol. The number of nitrogens with one attached hydrogen (secondary N) is 2. The number of carbonyl (C=O) groups excluding carboxylic acids is 2. The van der Waals surface area contributed by atoms with E-state index in [1.165, 1.54) is 0 Å². The average Bonchev–Trinajstić information content (AvgIpc) is 3.39. The molecule has 0 saturated carbocycles. The number of fused-ring (bicyclic) bond motifs is 1. The zero-order valence-electron chi connectivity index (χ0n) is 16.7. The second-order valence-corrected chi connectivity index (χ2v) is 9.81. The van der Waals surface area contributed by atoms with Crippen LogP contribution in [-0.4, -0.2) is 50.9 Å². The quantitative estimate of drug-likeness (QED) is 0.471. The Kier molecular flexibility index (Phi) is 6.57. The number of carbonyl (C=O) groups is 2. The summed E-state index contributed by atoms with van der Waals surface area (Å²) in [6.07, 6.45) is 0. The second kappa shape index (κ2) is 9.20. The minimum atomic E-state index is -0.342. The molecule has 0 aliphatic carbocycles. The Balaban J connectivity index is 1.48. The van der Waals surface area contributed by atoms with E-state index < -0.39 is 0 Å². The number of thioether (sulfide) groups is 1. The molecule has 0 radical (unpaired) electrons. The van der Waals surface area contributed by atoms with E-state index in [-0.39, 0.29) is 23.2 Å². The summed E-state index contributed by atoms with van der Waals surface area (Å²) in [5.74, 6) is 1.16. The number of amides is 2. The third-order valence-corrected chi connectivity index (χ3v) is 7.28. The molecule has 2 amide bonds. The van der Waals surface area contributed by atoms with E-state index in [0.717, 1.165) is 16.8 Å². The summed E-state index contributed by atoms with van der Waals surface area (Å²) < 4.78 is 0.573. The first kappa shape index (κ1) is 22.1. The van der Waals surface area contributed by atoms with Gasteiger partial charge >= 0.3 is 0 Å². The fourth-order valence-electron chi connectivity index (χ4n) is 3.49. The lowest BCUT2D eigenvalue weighted by atomic mass is 10.1. The fourth-order valence-corrected chi connectivity index (χ4v) is 5.30. The van der Waals surface area contributed by atoms with E-state index in [4.69, 9.17) is 17.3 Å². The Morgan fingerprint density at radius 1 is 1.39 bits per heavy atom. The molecular weight excluding hydrogens is 502 g/mol. The van der Waals surface area contributed by atoms with Crippen LogP contribution in [-0.2, 0) is 0 Å². The summed E-state index contributed by atoms with van der Waals surface area (Å²) in [7, 11) is 0. The zero-order valence-corrected chi connectivity index (χ0v) is 19.9. The molecule has 162 valence electrons. The first-order chi connectivity index (χ1) is 14.9. The molecule has 3 aromatic rings. The summed E-state index contributed by atoms with van der Waals surface area (Å²) >= 11 is 11.2. The summed E-state index contributed by atoms with van der Waals surface area (Å²) in [5, 5.41) is 3.54. The highest BCUT2D eigenvalue weighted by Crippen LogP contribution is 2.28. The van der Waals surface area contributed by atoms with Crippen LogP contribution in [0.2, 0.25) is 5.02 Å². The van der Waals surface area contributed by atoms with Gasteiger partial charge in [-0.1, -0.05) is 11.6 Å². The van der Waals surface area contributed by atoms with Crippen LogP contribution in [0.3, 0.4) is 0 Å². The van der Waals surface area contributed by atoms with Gasteiger partial charge in [-0.15, -0.1) is 11.8 Å². The van der Waals surface area contributed by atoms with Gasteiger partial charge in [-0.3, -0.25) is 9.59 Å². The first-order valence-electron chi connectivity index (χ1n) is 9.75. The van der Waals surface area contributed by atoms with Crippen molar-refractivity contribution in [1.29, 1.82) is 0 Å². The molecule has 1 aliphatic rings. The molecular formula is C21H21BrClN5O2S. The van der Waals surface area contributed by atoms with Gasteiger partial charge in [0.25, 0.3) is 11.8 Å². The number of rotatable bonds is 5. The molecule has 1 aromatic heterocycles. The predicted molar refractivity (Wildman–Crippen MR) is 127 cm³/mol. The molecule has 4 rings (SSSR count). The second-order valence-electron chi connectivity index (χ2n) is 7.23. The Bertz CT molecular complexity index is 1150. The lowest BCUT2D eigenvalue weighted by Gasteiger charge is -2.23. The van der Waals surface area contributed by atoms with Gasteiger partial charge in [0.2, 0.25) is 0 Å². The number of hydrogen-bond donors (Lipinski definition) is 3. The number of imidazole rings is 1. The molecule has 2 aromatic carbocycles. The van der Waals surface area contributed by atoms with Gasteiger partial charge < -0.3 is 20.9 Å². The van der Waals surface area contributed by atoms with Crippen LogP contribution in [0.25, 0.3) is 11.0 Å². The number of benzene rings is 2. The Morgan fingerprint density at radius 2 is 2.19 bits per heavy atom. The molecule has 1 aliphatic heterocycles. The first-order valence-corrected chi connectivity index (χ1v) is 12.0. The largest absolute Gasteiger partial charge is 0.342 e. The van der Waals surface area contributed by atoms with E-state index in [2.05, 4.69) is 31.2 Å². The molecule has 31 heavy (non-hydrogen) atoms. The van der Waals surface area contributed by atoms with Gasteiger partial charge in [-0.05, 0) is 59.3 Å². The van der Waals surface area contributed by atoms with E-state index in [0.29, 0.717) is 39.5 Å². The highest BCUT2D eigenvalue weighted by molar-refractivity contribution is 9.10. The number of H-pyrrole nitrogens is 1. The van der Waals surface area contributed by atoms with E-state index in [9.17, 15) is 9.59 Å². The minimum Gasteiger partial charge on any atom is -0.342 e. The Hall–Kier alpha value is -2.07.